The second-order valence-corrected chi connectivity index (χ2v) is 3.57. The number of anilines is 2. The van der Waals surface area contributed by atoms with E-state index in [0.29, 0.717) is 24.2 Å². The summed E-state index contributed by atoms with van der Waals surface area (Å²) in [4.78, 5) is 22.4. The van der Waals surface area contributed by atoms with Crippen LogP contribution in [0.5, 0.6) is 0 Å². The highest BCUT2D eigenvalue weighted by Gasteiger charge is 2.15. The fourth-order valence-corrected chi connectivity index (χ4v) is 1.63. The quantitative estimate of drug-likeness (QED) is 0.594. The number of amides is 2. The summed E-state index contributed by atoms with van der Waals surface area (Å²) in [6, 6.07) is 17.9. The molecule has 90 valence electrons. The lowest BCUT2D eigenvalue weighted by molar-refractivity contribution is -0.111. The topological polar surface area (TPSA) is 40.6 Å². The minimum absolute atomic E-state index is 0.608. The molecule has 4 heteroatoms. The van der Waals surface area contributed by atoms with Crippen molar-refractivity contribution in [3.8, 4) is 0 Å². The van der Waals surface area contributed by atoms with Crippen LogP contribution in [-0.4, -0.2) is 12.8 Å². The number of nitrogens with zero attached hydrogens (tertiary/aromatic N) is 2. The molecule has 2 aromatic rings. The molecule has 0 heterocycles. The predicted molar refractivity (Wildman–Crippen MR) is 70.0 cm³/mol. The molecule has 0 spiro atoms. The monoisotopic (exact) mass is 240 g/mol. The molecule has 0 unspecified atom stereocenters. The molecular formula is C14H12N2O2. The van der Waals surface area contributed by atoms with Gasteiger partial charge in [-0.1, -0.05) is 36.4 Å². The third-order valence-electron chi connectivity index (χ3n) is 2.47. The predicted octanol–water partition coefficient (Wildman–Crippen LogP) is 2.23. The van der Waals surface area contributed by atoms with Crippen molar-refractivity contribution in [3.05, 3.63) is 60.7 Å². The Morgan fingerprint density at radius 1 is 0.611 bits per heavy atom. The Bertz CT molecular complexity index is 464. The number of hydrogen-bond donors (Lipinski definition) is 0. The van der Waals surface area contributed by atoms with Gasteiger partial charge >= 0.3 is 0 Å². The molecule has 0 radical (unpaired) electrons. The van der Waals surface area contributed by atoms with Crippen LogP contribution in [0.25, 0.3) is 0 Å². The molecule has 2 rings (SSSR count). The second kappa shape index (κ2) is 5.63. The first kappa shape index (κ1) is 11.9. The van der Waals surface area contributed by atoms with Crippen LogP contribution >= 0.6 is 0 Å². The minimum Gasteiger partial charge on any atom is -0.276 e. The van der Waals surface area contributed by atoms with Crippen LogP contribution in [0, 0.1) is 0 Å². The van der Waals surface area contributed by atoms with Crippen molar-refractivity contribution < 1.29 is 9.59 Å². The first-order valence-corrected chi connectivity index (χ1v) is 5.46. The van der Waals surface area contributed by atoms with Crippen LogP contribution in [0.2, 0.25) is 0 Å². The van der Waals surface area contributed by atoms with E-state index in [4.69, 9.17) is 0 Å². The first-order chi connectivity index (χ1) is 8.86. The summed E-state index contributed by atoms with van der Waals surface area (Å²) in [6.45, 7) is 0. The molecule has 0 aliphatic rings. The second-order valence-electron chi connectivity index (χ2n) is 3.57. The van der Waals surface area contributed by atoms with Gasteiger partial charge in [0.05, 0.1) is 11.4 Å². The number of carbonyl (C=O) groups is 2. The molecule has 0 atom stereocenters. The Morgan fingerprint density at radius 3 is 1.22 bits per heavy atom. The van der Waals surface area contributed by atoms with Gasteiger partial charge in [0.2, 0.25) is 12.8 Å². The lowest BCUT2D eigenvalue weighted by Crippen LogP contribution is -2.41. The molecule has 0 fully saturated rings. The van der Waals surface area contributed by atoms with Crippen LogP contribution in [0.15, 0.2) is 60.7 Å². The van der Waals surface area contributed by atoms with Crippen molar-refractivity contribution >= 4 is 24.2 Å². The van der Waals surface area contributed by atoms with Crippen molar-refractivity contribution in [2.75, 3.05) is 10.0 Å². The van der Waals surface area contributed by atoms with Gasteiger partial charge in [0, 0.05) is 0 Å². The highest BCUT2D eigenvalue weighted by Crippen LogP contribution is 2.19. The van der Waals surface area contributed by atoms with Gasteiger partial charge in [-0.25, -0.2) is 10.0 Å². The van der Waals surface area contributed by atoms with Gasteiger partial charge in [0.1, 0.15) is 0 Å². The van der Waals surface area contributed by atoms with Gasteiger partial charge in [-0.05, 0) is 24.3 Å². The summed E-state index contributed by atoms with van der Waals surface area (Å²) in [6.07, 6.45) is 1.22. The number of rotatable bonds is 5. The highest BCUT2D eigenvalue weighted by molar-refractivity contribution is 5.90. The van der Waals surface area contributed by atoms with E-state index in [9.17, 15) is 9.59 Å². The minimum atomic E-state index is 0.608. The molecule has 0 saturated carbocycles. The average molecular weight is 240 g/mol. The van der Waals surface area contributed by atoms with E-state index >= 15 is 0 Å². The van der Waals surface area contributed by atoms with Crippen molar-refractivity contribution in [2.45, 2.75) is 0 Å². The number of para-hydroxylation sites is 2. The molecule has 0 N–H and O–H groups in total. The fourth-order valence-electron chi connectivity index (χ4n) is 1.63. The van der Waals surface area contributed by atoms with Crippen molar-refractivity contribution in [2.24, 2.45) is 0 Å². The van der Waals surface area contributed by atoms with Crippen molar-refractivity contribution in [1.82, 2.24) is 0 Å². The SMILES string of the molecule is O=CN(c1ccccc1)N(C=O)c1ccccc1. The summed E-state index contributed by atoms with van der Waals surface area (Å²) in [5.74, 6) is 0. The van der Waals surface area contributed by atoms with Gasteiger partial charge in [0.15, 0.2) is 0 Å². The Kier molecular flexibility index (Phi) is 3.71. The number of carbonyl (C=O) groups excluding carboxylic acids is 2. The van der Waals surface area contributed by atoms with Crippen molar-refractivity contribution in [1.29, 1.82) is 0 Å². The largest absolute Gasteiger partial charge is 0.276 e. The van der Waals surface area contributed by atoms with Crippen LogP contribution in [0.1, 0.15) is 0 Å². The standard InChI is InChI=1S/C14H12N2O2/c17-11-15(13-7-3-1-4-8-13)16(12-18)14-9-5-2-6-10-14/h1-12H. The van der Waals surface area contributed by atoms with E-state index in [1.165, 1.54) is 10.0 Å². The van der Waals surface area contributed by atoms with E-state index in [2.05, 4.69) is 0 Å². The zero-order valence-corrected chi connectivity index (χ0v) is 9.64. The molecular weight excluding hydrogens is 228 g/mol. The van der Waals surface area contributed by atoms with Crippen LogP contribution in [-0.2, 0) is 9.59 Å². The zero-order valence-electron chi connectivity index (χ0n) is 9.64. The maximum absolute atomic E-state index is 11.2. The maximum atomic E-state index is 11.2. The molecule has 0 saturated heterocycles. The highest BCUT2D eigenvalue weighted by atomic mass is 16.2. The normalized spacial score (nSPS) is 9.56. The molecule has 0 bridgehead atoms. The summed E-state index contributed by atoms with van der Waals surface area (Å²) < 4.78 is 0. The van der Waals surface area contributed by atoms with Crippen molar-refractivity contribution in [3.63, 3.8) is 0 Å². The summed E-state index contributed by atoms with van der Waals surface area (Å²) >= 11 is 0. The Labute approximate surface area is 105 Å². The van der Waals surface area contributed by atoms with Crippen LogP contribution < -0.4 is 10.0 Å². The number of hydrazine groups is 1. The van der Waals surface area contributed by atoms with E-state index in [0.717, 1.165) is 0 Å². The van der Waals surface area contributed by atoms with E-state index < -0.39 is 0 Å². The maximum Gasteiger partial charge on any atom is 0.233 e. The van der Waals surface area contributed by atoms with Gasteiger partial charge in [0.25, 0.3) is 0 Å². The Morgan fingerprint density at radius 2 is 0.944 bits per heavy atom. The summed E-state index contributed by atoms with van der Waals surface area (Å²) in [7, 11) is 0. The average Bonchev–Trinajstić information content (AvgIpc) is 2.46. The lowest BCUT2D eigenvalue weighted by atomic mass is 10.3. The molecule has 2 aromatic carbocycles. The van der Waals surface area contributed by atoms with E-state index in [-0.39, 0.29) is 0 Å². The Balaban J connectivity index is 2.37. The number of hydrogen-bond acceptors (Lipinski definition) is 2. The Hall–Kier alpha value is -2.62. The summed E-state index contributed by atoms with van der Waals surface area (Å²) in [5.41, 5.74) is 1.26. The van der Waals surface area contributed by atoms with Gasteiger partial charge in [-0.3, -0.25) is 9.59 Å². The van der Waals surface area contributed by atoms with E-state index in [1.807, 2.05) is 12.1 Å². The molecule has 4 nitrogen and oxygen atoms in total. The van der Waals surface area contributed by atoms with Gasteiger partial charge in [-0.2, -0.15) is 0 Å². The van der Waals surface area contributed by atoms with E-state index in [1.54, 1.807) is 48.5 Å². The fraction of sp³-hybridized carbons (Fsp3) is 0. The zero-order chi connectivity index (χ0) is 12.8. The van der Waals surface area contributed by atoms with Crippen LogP contribution in [0.4, 0.5) is 11.4 Å². The molecule has 0 aromatic heterocycles. The smallest absolute Gasteiger partial charge is 0.233 e. The number of benzene rings is 2. The molecule has 18 heavy (non-hydrogen) atoms. The molecule has 2 amide bonds. The third-order valence-corrected chi connectivity index (χ3v) is 2.47. The van der Waals surface area contributed by atoms with Gasteiger partial charge in [-0.15, -0.1) is 0 Å². The molecule has 0 aliphatic heterocycles. The third kappa shape index (κ3) is 2.38. The summed E-state index contributed by atoms with van der Waals surface area (Å²) in [5, 5.41) is 2.50. The first-order valence-electron chi connectivity index (χ1n) is 5.46. The van der Waals surface area contributed by atoms with Crippen LogP contribution in [0.3, 0.4) is 0 Å². The lowest BCUT2D eigenvalue weighted by Gasteiger charge is -2.28. The van der Waals surface area contributed by atoms with Gasteiger partial charge < -0.3 is 0 Å². The molecule has 0 aliphatic carbocycles.